The number of pyridine rings is 1. The number of methoxy groups -OCH3 is 1. The zero-order valence-corrected chi connectivity index (χ0v) is 22.8. The summed E-state index contributed by atoms with van der Waals surface area (Å²) in [4.78, 5) is 40.1. The summed E-state index contributed by atoms with van der Waals surface area (Å²) >= 11 is 6.09. The Kier molecular flexibility index (Phi) is 9.85. The van der Waals surface area contributed by atoms with Crippen molar-refractivity contribution in [1.29, 1.82) is 0 Å². The van der Waals surface area contributed by atoms with Crippen LogP contribution in [0, 0.1) is 0 Å². The molecule has 0 saturated heterocycles. The second-order valence-electron chi connectivity index (χ2n) is 8.33. The van der Waals surface area contributed by atoms with Gasteiger partial charge in [-0.1, -0.05) is 23.7 Å². The number of ether oxygens (including phenoxy) is 3. The van der Waals surface area contributed by atoms with Crippen LogP contribution in [-0.2, 0) is 21.2 Å². The summed E-state index contributed by atoms with van der Waals surface area (Å²) < 4.78 is 42.1. The molecule has 0 atom stereocenters. The first-order valence-corrected chi connectivity index (χ1v) is 13.5. The van der Waals surface area contributed by atoms with Crippen LogP contribution in [0.15, 0.2) is 65.7 Å². The highest BCUT2D eigenvalue weighted by Gasteiger charge is 2.20. The zero-order chi connectivity index (χ0) is 28.6. The molecule has 0 aliphatic carbocycles. The van der Waals surface area contributed by atoms with E-state index in [2.05, 4.69) is 10.3 Å². The van der Waals surface area contributed by atoms with Gasteiger partial charge >= 0.3 is 6.16 Å². The first kappa shape index (κ1) is 29.4. The summed E-state index contributed by atoms with van der Waals surface area (Å²) in [5.74, 6) is -0.898. The first-order valence-electron chi connectivity index (χ1n) is 11.6. The Balaban J connectivity index is 1.54. The summed E-state index contributed by atoms with van der Waals surface area (Å²) in [5, 5.41) is 3.04. The molecular formula is C26H26ClN3O8S. The molecule has 0 aliphatic rings. The van der Waals surface area contributed by atoms with Crippen LogP contribution in [0.25, 0.3) is 0 Å². The Bertz CT molecular complexity index is 1440. The van der Waals surface area contributed by atoms with Crippen molar-refractivity contribution in [3.8, 4) is 11.6 Å². The van der Waals surface area contributed by atoms with Crippen molar-refractivity contribution in [2.45, 2.75) is 31.3 Å². The van der Waals surface area contributed by atoms with Gasteiger partial charge in [0.25, 0.3) is 21.8 Å². The fourth-order valence-corrected chi connectivity index (χ4v) is 4.35. The molecule has 2 aromatic carbocycles. The SMILES string of the molecule is COc1ccc(Cl)c(C(=O)NCCc2ccc(S(=O)(=O)NC(=O)c3ccc(OC(=O)OC(C)C)nc3)cc2)c1. The van der Waals surface area contributed by atoms with Crippen molar-refractivity contribution >= 4 is 39.6 Å². The zero-order valence-electron chi connectivity index (χ0n) is 21.3. The second-order valence-corrected chi connectivity index (χ2v) is 10.4. The molecule has 0 fully saturated rings. The number of rotatable bonds is 10. The molecule has 13 heteroatoms. The number of hydrogen-bond donors (Lipinski definition) is 2. The number of carbonyl (C=O) groups excluding carboxylic acids is 3. The fourth-order valence-electron chi connectivity index (χ4n) is 3.17. The van der Waals surface area contributed by atoms with Gasteiger partial charge < -0.3 is 19.5 Å². The van der Waals surface area contributed by atoms with Gasteiger partial charge in [-0.15, -0.1) is 0 Å². The van der Waals surface area contributed by atoms with E-state index in [4.69, 9.17) is 25.8 Å². The maximum atomic E-state index is 12.7. The molecule has 0 spiro atoms. The van der Waals surface area contributed by atoms with Gasteiger partial charge in [0.1, 0.15) is 5.75 Å². The number of benzene rings is 2. The Morgan fingerprint density at radius 3 is 2.33 bits per heavy atom. The van der Waals surface area contributed by atoms with Gasteiger partial charge in [0.15, 0.2) is 0 Å². The molecule has 2 N–H and O–H groups in total. The third-order valence-corrected chi connectivity index (χ3v) is 6.77. The lowest BCUT2D eigenvalue weighted by Crippen LogP contribution is -2.30. The van der Waals surface area contributed by atoms with Crippen LogP contribution < -0.4 is 19.5 Å². The van der Waals surface area contributed by atoms with E-state index in [9.17, 15) is 22.8 Å². The van der Waals surface area contributed by atoms with Crippen molar-refractivity contribution in [1.82, 2.24) is 15.0 Å². The van der Waals surface area contributed by atoms with Crippen LogP contribution in [-0.4, -0.2) is 51.1 Å². The van der Waals surface area contributed by atoms with Crippen molar-refractivity contribution in [2.75, 3.05) is 13.7 Å². The molecule has 39 heavy (non-hydrogen) atoms. The molecule has 11 nitrogen and oxygen atoms in total. The van der Waals surface area contributed by atoms with Crippen molar-refractivity contribution in [2.24, 2.45) is 0 Å². The van der Waals surface area contributed by atoms with E-state index in [1.807, 2.05) is 4.72 Å². The normalized spacial score (nSPS) is 11.0. The third-order valence-electron chi connectivity index (χ3n) is 5.10. The molecule has 1 aromatic heterocycles. The van der Waals surface area contributed by atoms with E-state index in [-0.39, 0.29) is 45.5 Å². The number of amides is 2. The predicted octanol–water partition coefficient (Wildman–Crippen LogP) is 3.76. The van der Waals surface area contributed by atoms with Gasteiger partial charge in [0.05, 0.1) is 34.3 Å². The Hall–Kier alpha value is -4.16. The van der Waals surface area contributed by atoms with Crippen molar-refractivity contribution in [3.63, 3.8) is 0 Å². The van der Waals surface area contributed by atoms with E-state index in [0.717, 1.165) is 11.8 Å². The highest BCUT2D eigenvalue weighted by molar-refractivity contribution is 7.90. The van der Waals surface area contributed by atoms with E-state index in [1.165, 1.54) is 37.4 Å². The van der Waals surface area contributed by atoms with E-state index in [0.29, 0.717) is 12.2 Å². The van der Waals surface area contributed by atoms with Gasteiger partial charge in [0.2, 0.25) is 5.88 Å². The first-order chi connectivity index (χ1) is 18.5. The highest BCUT2D eigenvalue weighted by Crippen LogP contribution is 2.22. The Labute approximate surface area is 230 Å². The molecule has 2 amide bonds. The number of hydrogen-bond acceptors (Lipinski definition) is 9. The maximum Gasteiger partial charge on any atom is 0.515 e. The minimum atomic E-state index is -4.18. The molecule has 3 rings (SSSR count). The van der Waals surface area contributed by atoms with Crippen LogP contribution in [0.5, 0.6) is 11.6 Å². The van der Waals surface area contributed by atoms with E-state index < -0.39 is 22.1 Å². The average Bonchev–Trinajstić information content (AvgIpc) is 2.89. The summed E-state index contributed by atoms with van der Waals surface area (Å²) in [6.07, 6.45) is 0.153. The highest BCUT2D eigenvalue weighted by atomic mass is 35.5. The Morgan fingerprint density at radius 2 is 1.72 bits per heavy atom. The molecule has 0 saturated carbocycles. The largest absolute Gasteiger partial charge is 0.515 e. The molecule has 3 aromatic rings. The quantitative estimate of drug-likeness (QED) is 0.344. The molecular weight excluding hydrogens is 550 g/mol. The summed E-state index contributed by atoms with van der Waals surface area (Å²) in [7, 11) is -2.69. The number of halogens is 1. The van der Waals surface area contributed by atoms with Gasteiger partial charge in [-0.25, -0.2) is 22.9 Å². The van der Waals surface area contributed by atoms with Gasteiger partial charge in [0, 0.05) is 18.8 Å². The van der Waals surface area contributed by atoms with Crippen LogP contribution in [0.2, 0.25) is 5.02 Å². The summed E-state index contributed by atoms with van der Waals surface area (Å²) in [6.45, 7) is 3.58. The molecule has 206 valence electrons. The van der Waals surface area contributed by atoms with Crippen LogP contribution in [0.1, 0.15) is 40.1 Å². The number of aromatic nitrogens is 1. The smallest absolute Gasteiger partial charge is 0.497 e. The average molecular weight is 576 g/mol. The number of sulfonamides is 1. The lowest BCUT2D eigenvalue weighted by atomic mass is 10.1. The lowest BCUT2D eigenvalue weighted by molar-refractivity contribution is 0.0715. The van der Waals surface area contributed by atoms with Crippen molar-refractivity contribution in [3.05, 3.63) is 82.5 Å². The monoisotopic (exact) mass is 575 g/mol. The number of carbonyl (C=O) groups is 3. The number of nitrogens with zero attached hydrogens (tertiary/aromatic N) is 1. The van der Waals surface area contributed by atoms with Gasteiger partial charge in [-0.3, -0.25) is 9.59 Å². The van der Waals surface area contributed by atoms with Crippen LogP contribution in [0.4, 0.5) is 4.79 Å². The predicted molar refractivity (Wildman–Crippen MR) is 142 cm³/mol. The second kappa shape index (κ2) is 13.1. The Morgan fingerprint density at radius 1 is 1.00 bits per heavy atom. The van der Waals surface area contributed by atoms with E-state index in [1.54, 1.807) is 38.1 Å². The molecule has 0 radical (unpaired) electrons. The lowest BCUT2D eigenvalue weighted by Gasteiger charge is -2.10. The van der Waals surface area contributed by atoms with Gasteiger partial charge in [-0.05, 0) is 62.2 Å². The van der Waals surface area contributed by atoms with Gasteiger partial charge in [-0.2, -0.15) is 0 Å². The minimum absolute atomic E-state index is 0.0633. The topological polar surface area (TPSA) is 150 Å². The molecule has 0 bridgehead atoms. The molecule has 0 unspecified atom stereocenters. The third kappa shape index (κ3) is 8.42. The van der Waals surface area contributed by atoms with Crippen molar-refractivity contribution < 1.29 is 37.0 Å². The minimum Gasteiger partial charge on any atom is -0.497 e. The van der Waals surface area contributed by atoms with Crippen LogP contribution in [0.3, 0.4) is 0 Å². The molecule has 1 heterocycles. The standard InChI is InChI=1S/C26H26ClN3O8S/c1-16(2)37-26(33)38-23-11-6-18(15-29-23)24(31)30-39(34,35)20-8-4-17(5-9-20)12-13-28-25(32)21-14-19(36-3)7-10-22(21)27/h4-11,14-16H,12-13H2,1-3H3,(H,28,32)(H,30,31). The summed E-state index contributed by atoms with van der Waals surface area (Å²) in [5.41, 5.74) is 0.971. The summed E-state index contributed by atoms with van der Waals surface area (Å²) in [6, 6.07) is 13.1. The molecule has 0 aliphatic heterocycles. The number of nitrogens with one attached hydrogen (secondary N) is 2. The maximum absolute atomic E-state index is 12.7. The van der Waals surface area contributed by atoms with Crippen LogP contribution >= 0.6 is 11.6 Å². The van der Waals surface area contributed by atoms with E-state index >= 15 is 0 Å². The fraction of sp³-hybridized carbons (Fsp3) is 0.231.